The zero-order chi connectivity index (χ0) is 20.5. The molecular weight excluding hydrogens is 376 g/mol. The van der Waals surface area contributed by atoms with E-state index in [0.29, 0.717) is 16.0 Å². The summed E-state index contributed by atoms with van der Waals surface area (Å²) in [5, 5.41) is 12.0. The lowest BCUT2D eigenvalue weighted by Crippen LogP contribution is -2.28. The number of esters is 1. The zero-order valence-corrected chi connectivity index (χ0v) is 16.8. The Morgan fingerprint density at radius 3 is 2.36 bits per heavy atom. The van der Waals surface area contributed by atoms with E-state index in [1.165, 1.54) is 18.3 Å². The second-order valence-corrected chi connectivity index (χ2v) is 8.13. The molecule has 1 aliphatic heterocycles. The number of nitrogens with zero attached hydrogens (tertiary/aromatic N) is 2. The van der Waals surface area contributed by atoms with Crippen LogP contribution in [-0.2, 0) is 9.53 Å². The monoisotopic (exact) mass is 396 g/mol. The number of amides is 1. The van der Waals surface area contributed by atoms with Crippen LogP contribution in [0.15, 0.2) is 63.1 Å². The summed E-state index contributed by atoms with van der Waals surface area (Å²) in [6, 6.07) is 10.6. The summed E-state index contributed by atoms with van der Waals surface area (Å²) >= 11 is 1.29. The van der Waals surface area contributed by atoms with Gasteiger partial charge in [-0.25, -0.2) is 9.79 Å². The van der Waals surface area contributed by atoms with Crippen molar-refractivity contribution in [3.8, 4) is 0 Å². The van der Waals surface area contributed by atoms with Crippen molar-refractivity contribution >= 4 is 34.8 Å². The first-order valence-electron chi connectivity index (χ1n) is 8.66. The molecule has 1 aromatic heterocycles. The molecule has 3 rings (SSSR count). The van der Waals surface area contributed by atoms with Gasteiger partial charge in [0, 0.05) is 11.1 Å². The van der Waals surface area contributed by atoms with Gasteiger partial charge >= 0.3 is 5.97 Å². The smallest absolute Gasteiger partial charge is 0.344 e. The molecule has 0 aliphatic carbocycles. The number of benzene rings is 1. The van der Waals surface area contributed by atoms with E-state index < -0.39 is 17.5 Å². The lowest BCUT2D eigenvalue weighted by atomic mass is 9.99. The van der Waals surface area contributed by atoms with Crippen molar-refractivity contribution in [2.45, 2.75) is 33.3 Å². The van der Waals surface area contributed by atoms with Gasteiger partial charge in [0.25, 0.3) is 5.91 Å². The Balaban J connectivity index is 2.08. The van der Waals surface area contributed by atoms with Gasteiger partial charge in [0.1, 0.15) is 16.9 Å². The predicted octanol–water partition coefficient (Wildman–Crippen LogP) is 4.31. The Bertz CT molecular complexity index is 1020. The van der Waals surface area contributed by atoms with Crippen molar-refractivity contribution in [1.29, 1.82) is 0 Å². The molecule has 0 saturated carbocycles. The van der Waals surface area contributed by atoms with Gasteiger partial charge in [0.15, 0.2) is 5.84 Å². The molecular formula is C21H20N2O4S. The minimum Gasteiger partial charge on any atom is -0.512 e. The highest BCUT2D eigenvalue weighted by atomic mass is 32.1. The summed E-state index contributed by atoms with van der Waals surface area (Å²) in [6.45, 7) is 6.63. The highest BCUT2D eigenvalue weighted by molar-refractivity contribution is 7.12. The Hall–Kier alpha value is -3.06. The van der Waals surface area contributed by atoms with E-state index in [2.05, 4.69) is 9.98 Å². The lowest BCUT2D eigenvalue weighted by Gasteiger charge is -2.21. The standard InChI is InChI=1S/C21H20N2O4S/c1-12(24)16(20(26)27-21(2,3)4)17-13-8-5-6-9-14(13)18(22-17)23-19(25)15-10-7-11-28-15/h5-11,24H,1-4H3/b16-12-,23-18?. The van der Waals surface area contributed by atoms with Crippen LogP contribution in [0.2, 0.25) is 0 Å². The number of carbonyl (C=O) groups is 2. The Morgan fingerprint density at radius 2 is 1.79 bits per heavy atom. The minimum atomic E-state index is -0.734. The van der Waals surface area contributed by atoms with Gasteiger partial charge < -0.3 is 9.84 Å². The lowest BCUT2D eigenvalue weighted by molar-refractivity contribution is -0.149. The second kappa shape index (κ2) is 7.52. The molecule has 28 heavy (non-hydrogen) atoms. The number of allylic oxidation sites excluding steroid dienone is 1. The van der Waals surface area contributed by atoms with Gasteiger partial charge in [-0.3, -0.25) is 4.79 Å². The Kier molecular flexibility index (Phi) is 5.29. The maximum absolute atomic E-state index is 12.7. The van der Waals surface area contributed by atoms with Gasteiger partial charge in [-0.2, -0.15) is 4.99 Å². The third-order valence-corrected chi connectivity index (χ3v) is 4.64. The number of thiophene rings is 1. The van der Waals surface area contributed by atoms with Crippen LogP contribution < -0.4 is 0 Å². The van der Waals surface area contributed by atoms with E-state index in [1.54, 1.807) is 62.5 Å². The van der Waals surface area contributed by atoms with Crippen LogP contribution in [0.25, 0.3) is 0 Å². The Labute approximate surface area is 166 Å². The molecule has 0 unspecified atom stereocenters. The summed E-state index contributed by atoms with van der Waals surface area (Å²) in [6.07, 6.45) is 0. The number of carbonyl (C=O) groups excluding carboxylic acids is 2. The van der Waals surface area contributed by atoms with Crippen LogP contribution in [-0.4, -0.2) is 34.1 Å². The molecule has 0 fully saturated rings. The van der Waals surface area contributed by atoms with Crippen molar-refractivity contribution < 1.29 is 19.4 Å². The van der Waals surface area contributed by atoms with Crippen LogP contribution >= 0.6 is 11.3 Å². The molecule has 0 radical (unpaired) electrons. The molecule has 6 nitrogen and oxygen atoms in total. The van der Waals surface area contributed by atoms with Gasteiger partial charge in [0.2, 0.25) is 0 Å². The fourth-order valence-electron chi connectivity index (χ4n) is 2.68. The van der Waals surface area contributed by atoms with E-state index in [1.807, 2.05) is 0 Å². The normalized spacial score (nSPS) is 15.7. The van der Waals surface area contributed by atoms with Gasteiger partial charge in [-0.1, -0.05) is 30.3 Å². The van der Waals surface area contributed by atoms with Crippen LogP contribution in [0, 0.1) is 0 Å². The number of aliphatic hydroxyl groups excluding tert-OH is 1. The average Bonchev–Trinajstić information content (AvgIpc) is 3.23. The SMILES string of the molecule is C/C(O)=C(/C(=O)OC(C)(C)C)C1=NC(=NC(=O)c2cccs2)c2ccccc21. The van der Waals surface area contributed by atoms with Crippen molar-refractivity contribution in [1.82, 2.24) is 0 Å². The first-order valence-corrected chi connectivity index (χ1v) is 9.54. The van der Waals surface area contributed by atoms with Crippen LogP contribution in [0.3, 0.4) is 0 Å². The number of fused-ring (bicyclic) bond motifs is 1. The van der Waals surface area contributed by atoms with Crippen molar-refractivity contribution in [3.63, 3.8) is 0 Å². The molecule has 0 saturated heterocycles. The van der Waals surface area contributed by atoms with E-state index in [0.717, 1.165) is 0 Å². The van der Waals surface area contributed by atoms with Crippen LogP contribution in [0.4, 0.5) is 0 Å². The van der Waals surface area contributed by atoms with E-state index in [9.17, 15) is 14.7 Å². The van der Waals surface area contributed by atoms with E-state index in [-0.39, 0.29) is 22.9 Å². The molecule has 1 aliphatic rings. The fraction of sp³-hybridized carbons (Fsp3) is 0.238. The van der Waals surface area contributed by atoms with Crippen molar-refractivity contribution in [2.75, 3.05) is 0 Å². The number of hydrogen-bond acceptors (Lipinski definition) is 5. The number of amidine groups is 1. The molecule has 144 valence electrons. The third kappa shape index (κ3) is 4.09. The first kappa shape index (κ1) is 19.7. The minimum absolute atomic E-state index is 0.0452. The second-order valence-electron chi connectivity index (χ2n) is 7.19. The molecule has 0 spiro atoms. The van der Waals surface area contributed by atoms with E-state index >= 15 is 0 Å². The van der Waals surface area contributed by atoms with Crippen molar-refractivity contribution in [3.05, 3.63) is 69.1 Å². The van der Waals surface area contributed by atoms with E-state index in [4.69, 9.17) is 4.74 Å². The molecule has 0 atom stereocenters. The van der Waals surface area contributed by atoms with Crippen LogP contribution in [0.1, 0.15) is 48.5 Å². The highest BCUT2D eigenvalue weighted by Crippen LogP contribution is 2.27. The molecule has 0 bridgehead atoms. The summed E-state index contributed by atoms with van der Waals surface area (Å²) in [5.41, 5.74) is 0.681. The van der Waals surface area contributed by atoms with Crippen molar-refractivity contribution in [2.24, 2.45) is 9.98 Å². The zero-order valence-electron chi connectivity index (χ0n) is 16.0. The molecule has 1 N–H and O–H groups in total. The highest BCUT2D eigenvalue weighted by Gasteiger charge is 2.32. The Morgan fingerprint density at radius 1 is 1.11 bits per heavy atom. The maximum Gasteiger partial charge on any atom is 0.344 e. The predicted molar refractivity (Wildman–Crippen MR) is 109 cm³/mol. The number of ether oxygens (including phenoxy) is 1. The molecule has 7 heteroatoms. The largest absolute Gasteiger partial charge is 0.512 e. The average molecular weight is 396 g/mol. The topological polar surface area (TPSA) is 88.3 Å². The third-order valence-electron chi connectivity index (χ3n) is 3.78. The molecule has 1 aromatic carbocycles. The molecule has 1 amide bonds. The summed E-state index contributed by atoms with van der Waals surface area (Å²) in [5.74, 6) is -1.11. The maximum atomic E-state index is 12.7. The van der Waals surface area contributed by atoms with Gasteiger partial charge in [-0.05, 0) is 39.1 Å². The fourth-order valence-corrected chi connectivity index (χ4v) is 3.29. The van der Waals surface area contributed by atoms with Gasteiger partial charge in [0.05, 0.1) is 10.6 Å². The number of aliphatic imine (C=N–C) groups is 2. The molecule has 2 heterocycles. The summed E-state index contributed by atoms with van der Waals surface area (Å²) in [7, 11) is 0. The quantitative estimate of drug-likeness (QED) is 0.476. The number of rotatable bonds is 3. The number of aliphatic hydroxyl groups is 1. The van der Waals surface area contributed by atoms with Gasteiger partial charge in [-0.15, -0.1) is 11.3 Å². The first-order chi connectivity index (χ1) is 13.2. The van der Waals surface area contributed by atoms with Crippen LogP contribution in [0.5, 0.6) is 0 Å². The summed E-state index contributed by atoms with van der Waals surface area (Å²) in [4.78, 5) is 34.1. The summed E-state index contributed by atoms with van der Waals surface area (Å²) < 4.78 is 5.42. The number of hydrogen-bond donors (Lipinski definition) is 1. The molecule has 2 aromatic rings.